The van der Waals surface area contributed by atoms with Gasteiger partial charge in [0.2, 0.25) is 5.91 Å². The molecule has 3 N–H and O–H groups in total. The van der Waals surface area contributed by atoms with Gasteiger partial charge in [0.1, 0.15) is 0 Å². The lowest BCUT2D eigenvalue weighted by molar-refractivity contribution is -0.125. The molecule has 0 aromatic heterocycles. The lowest BCUT2D eigenvalue weighted by Gasteiger charge is -2.36. The first-order chi connectivity index (χ1) is 12.6. The van der Waals surface area contributed by atoms with E-state index < -0.39 is 5.41 Å². The van der Waals surface area contributed by atoms with Gasteiger partial charge in [0.25, 0.3) is 0 Å². The number of rotatable bonds is 8. The van der Waals surface area contributed by atoms with Crippen LogP contribution in [0, 0.1) is 11.3 Å². The van der Waals surface area contributed by atoms with E-state index in [1.807, 2.05) is 26.0 Å². The van der Waals surface area contributed by atoms with E-state index in [2.05, 4.69) is 27.2 Å². The molecule has 0 atom stereocenters. The van der Waals surface area contributed by atoms with Crippen LogP contribution >= 0.6 is 0 Å². The van der Waals surface area contributed by atoms with Gasteiger partial charge in [0, 0.05) is 50.6 Å². The summed E-state index contributed by atoms with van der Waals surface area (Å²) >= 11 is 0. The molecule has 1 saturated carbocycles. The Hall–Kier alpha value is -1.59. The highest BCUT2D eigenvalue weighted by Crippen LogP contribution is 2.31. The van der Waals surface area contributed by atoms with Crippen molar-refractivity contribution in [3.63, 3.8) is 0 Å². The highest BCUT2D eigenvalue weighted by Gasteiger charge is 2.33. The first-order valence-corrected chi connectivity index (χ1v) is 10.2. The average Bonchev–Trinajstić information content (AvgIpc) is 3.48. The van der Waals surface area contributed by atoms with Crippen LogP contribution in [0.1, 0.15) is 39.5 Å². The Morgan fingerprint density at radius 3 is 2.46 bits per heavy atom. The standard InChI is InChI=1S/C21H34N4O/c1-3-21(4-2,16-22)20(26)23-18-6-5-7-19(14-18)25-12-10-24(11-13-25)15-17-8-9-17/h5-7,14,17H,3-4,8-13,15-16,22H2,1-2H3,(H,23,26). The lowest BCUT2D eigenvalue weighted by atomic mass is 9.81. The predicted octanol–water partition coefficient (Wildman–Crippen LogP) is 2.92. The van der Waals surface area contributed by atoms with E-state index in [0.29, 0.717) is 6.54 Å². The minimum absolute atomic E-state index is 0.0383. The van der Waals surface area contributed by atoms with Crippen molar-refractivity contribution < 1.29 is 4.79 Å². The van der Waals surface area contributed by atoms with E-state index in [0.717, 1.165) is 50.6 Å². The van der Waals surface area contributed by atoms with Gasteiger partial charge >= 0.3 is 0 Å². The zero-order chi connectivity index (χ0) is 18.6. The second-order valence-electron chi connectivity index (χ2n) is 7.93. The highest BCUT2D eigenvalue weighted by atomic mass is 16.2. The Morgan fingerprint density at radius 1 is 1.19 bits per heavy atom. The number of hydrogen-bond acceptors (Lipinski definition) is 4. The minimum Gasteiger partial charge on any atom is -0.369 e. The van der Waals surface area contributed by atoms with Crippen molar-refractivity contribution in [3.8, 4) is 0 Å². The van der Waals surface area contributed by atoms with Crippen LogP contribution in [0.25, 0.3) is 0 Å². The maximum atomic E-state index is 12.8. The Balaban J connectivity index is 1.60. The molecule has 0 bridgehead atoms. The van der Waals surface area contributed by atoms with Gasteiger partial charge in [0.15, 0.2) is 0 Å². The maximum Gasteiger partial charge on any atom is 0.231 e. The van der Waals surface area contributed by atoms with Crippen molar-refractivity contribution in [2.24, 2.45) is 17.1 Å². The fourth-order valence-electron chi connectivity index (χ4n) is 3.85. The maximum absolute atomic E-state index is 12.8. The molecule has 144 valence electrons. The van der Waals surface area contributed by atoms with E-state index in [4.69, 9.17) is 5.73 Å². The van der Waals surface area contributed by atoms with E-state index in [-0.39, 0.29) is 5.91 Å². The molecule has 5 heteroatoms. The average molecular weight is 359 g/mol. The molecule has 1 aromatic rings. The zero-order valence-corrected chi connectivity index (χ0v) is 16.3. The van der Waals surface area contributed by atoms with E-state index in [9.17, 15) is 4.79 Å². The van der Waals surface area contributed by atoms with Crippen LogP contribution in [0.5, 0.6) is 0 Å². The Morgan fingerprint density at radius 2 is 1.88 bits per heavy atom. The molecule has 2 fully saturated rings. The van der Waals surface area contributed by atoms with Gasteiger partial charge in [-0.25, -0.2) is 0 Å². The molecule has 1 aromatic carbocycles. The fraction of sp³-hybridized carbons (Fsp3) is 0.667. The minimum atomic E-state index is -0.468. The number of hydrogen-bond donors (Lipinski definition) is 2. The molecule has 1 aliphatic heterocycles. The van der Waals surface area contributed by atoms with Crippen molar-refractivity contribution in [3.05, 3.63) is 24.3 Å². The molecule has 26 heavy (non-hydrogen) atoms. The van der Waals surface area contributed by atoms with Gasteiger partial charge in [0.05, 0.1) is 5.41 Å². The molecule has 1 aliphatic carbocycles. The van der Waals surface area contributed by atoms with Crippen molar-refractivity contribution in [1.82, 2.24) is 4.90 Å². The normalized spacial score (nSPS) is 18.8. The van der Waals surface area contributed by atoms with Gasteiger partial charge in [-0.1, -0.05) is 19.9 Å². The number of nitrogens with two attached hydrogens (primary N) is 1. The second-order valence-corrected chi connectivity index (χ2v) is 7.93. The third-order valence-corrected chi connectivity index (χ3v) is 6.28. The van der Waals surface area contributed by atoms with Crippen LogP contribution < -0.4 is 16.0 Å². The molecular weight excluding hydrogens is 324 g/mol. The predicted molar refractivity (Wildman–Crippen MR) is 109 cm³/mol. The SMILES string of the molecule is CCC(CC)(CN)C(=O)Nc1cccc(N2CCN(CC3CC3)CC2)c1. The first kappa shape index (κ1) is 19.2. The number of carbonyl (C=O) groups excluding carboxylic acids is 1. The van der Waals surface area contributed by atoms with E-state index in [1.165, 1.54) is 25.1 Å². The molecule has 5 nitrogen and oxygen atoms in total. The Kier molecular flexibility index (Phi) is 6.20. The third-order valence-electron chi connectivity index (χ3n) is 6.28. The number of piperazine rings is 1. The quantitative estimate of drug-likeness (QED) is 0.750. The zero-order valence-electron chi connectivity index (χ0n) is 16.3. The van der Waals surface area contributed by atoms with Crippen molar-refractivity contribution in [1.29, 1.82) is 0 Å². The summed E-state index contributed by atoms with van der Waals surface area (Å²) in [6.45, 7) is 10.1. The number of amides is 1. The van der Waals surface area contributed by atoms with Crippen LogP contribution in [-0.4, -0.2) is 50.1 Å². The van der Waals surface area contributed by atoms with Crippen LogP contribution in [0.2, 0.25) is 0 Å². The lowest BCUT2D eigenvalue weighted by Crippen LogP contribution is -2.47. The number of nitrogens with one attached hydrogen (secondary N) is 1. The topological polar surface area (TPSA) is 61.6 Å². The molecular formula is C21H34N4O. The number of anilines is 2. The summed E-state index contributed by atoms with van der Waals surface area (Å²) in [4.78, 5) is 17.8. The van der Waals surface area contributed by atoms with Gasteiger partial charge < -0.3 is 16.0 Å². The summed E-state index contributed by atoms with van der Waals surface area (Å²) in [6, 6.07) is 8.24. The molecule has 0 radical (unpaired) electrons. The molecule has 1 saturated heterocycles. The molecule has 1 amide bonds. The monoisotopic (exact) mass is 358 g/mol. The van der Waals surface area contributed by atoms with E-state index >= 15 is 0 Å². The van der Waals surface area contributed by atoms with Crippen LogP contribution in [0.15, 0.2) is 24.3 Å². The van der Waals surface area contributed by atoms with Gasteiger partial charge in [-0.15, -0.1) is 0 Å². The second kappa shape index (κ2) is 8.40. The van der Waals surface area contributed by atoms with Crippen LogP contribution in [-0.2, 0) is 4.79 Å². The van der Waals surface area contributed by atoms with Gasteiger partial charge in [-0.05, 0) is 49.8 Å². The number of carbonyl (C=O) groups is 1. The molecule has 0 unspecified atom stereocenters. The molecule has 2 aliphatic rings. The summed E-state index contributed by atoms with van der Waals surface area (Å²) < 4.78 is 0. The Labute approximate surface area is 157 Å². The van der Waals surface area contributed by atoms with Crippen LogP contribution in [0.3, 0.4) is 0 Å². The number of benzene rings is 1. The summed E-state index contributed by atoms with van der Waals surface area (Å²) in [6.07, 6.45) is 4.35. The van der Waals surface area contributed by atoms with Crippen molar-refractivity contribution >= 4 is 17.3 Å². The highest BCUT2D eigenvalue weighted by molar-refractivity contribution is 5.95. The summed E-state index contributed by atoms with van der Waals surface area (Å²) in [5.41, 5.74) is 7.50. The fourth-order valence-corrected chi connectivity index (χ4v) is 3.85. The molecule has 0 spiro atoms. The summed E-state index contributed by atoms with van der Waals surface area (Å²) in [7, 11) is 0. The molecule has 1 heterocycles. The van der Waals surface area contributed by atoms with Crippen molar-refractivity contribution in [2.75, 3.05) is 49.5 Å². The van der Waals surface area contributed by atoms with Gasteiger partial charge in [-0.3, -0.25) is 9.69 Å². The smallest absolute Gasteiger partial charge is 0.231 e. The third kappa shape index (κ3) is 4.38. The Bertz CT molecular complexity index is 594. The summed E-state index contributed by atoms with van der Waals surface area (Å²) in [5.74, 6) is 0.997. The van der Waals surface area contributed by atoms with Crippen LogP contribution in [0.4, 0.5) is 11.4 Å². The largest absolute Gasteiger partial charge is 0.369 e. The molecule has 3 rings (SSSR count). The first-order valence-electron chi connectivity index (χ1n) is 10.2. The summed E-state index contributed by atoms with van der Waals surface area (Å²) in [5, 5.41) is 3.10. The van der Waals surface area contributed by atoms with E-state index in [1.54, 1.807) is 0 Å². The number of nitrogens with zero attached hydrogens (tertiary/aromatic N) is 2. The van der Waals surface area contributed by atoms with Gasteiger partial charge in [-0.2, -0.15) is 0 Å². The van der Waals surface area contributed by atoms with Crippen molar-refractivity contribution in [2.45, 2.75) is 39.5 Å².